The SMILES string of the molecule is COc1ccc(/C(C)=N/S(=O)(=O)c2c(C)cc(C)cc2C)cc1. The monoisotopic (exact) mass is 331 g/mol. The van der Waals surface area contributed by atoms with Crippen molar-refractivity contribution in [3.05, 3.63) is 58.7 Å². The van der Waals surface area contributed by atoms with Crippen molar-refractivity contribution in [3.8, 4) is 5.75 Å². The molecule has 0 N–H and O–H groups in total. The van der Waals surface area contributed by atoms with Gasteiger partial charge in [0.2, 0.25) is 0 Å². The van der Waals surface area contributed by atoms with Gasteiger partial charge >= 0.3 is 0 Å². The summed E-state index contributed by atoms with van der Waals surface area (Å²) in [6.07, 6.45) is 0. The molecule has 2 rings (SSSR count). The molecule has 0 aliphatic rings. The predicted octanol–water partition coefficient (Wildman–Crippen LogP) is 3.82. The number of sulfonamides is 1. The first-order valence-corrected chi connectivity index (χ1v) is 8.72. The Kier molecular flexibility index (Phi) is 4.90. The van der Waals surface area contributed by atoms with Crippen molar-refractivity contribution in [1.29, 1.82) is 0 Å². The van der Waals surface area contributed by atoms with Gasteiger partial charge in [0.25, 0.3) is 10.0 Å². The van der Waals surface area contributed by atoms with E-state index in [4.69, 9.17) is 4.74 Å². The van der Waals surface area contributed by atoms with Crippen molar-refractivity contribution in [3.63, 3.8) is 0 Å². The molecule has 0 radical (unpaired) electrons. The van der Waals surface area contributed by atoms with E-state index in [2.05, 4.69) is 4.40 Å². The maximum Gasteiger partial charge on any atom is 0.283 e. The molecule has 0 saturated carbocycles. The van der Waals surface area contributed by atoms with Crippen LogP contribution in [-0.4, -0.2) is 21.2 Å². The minimum absolute atomic E-state index is 0.288. The minimum atomic E-state index is -3.74. The van der Waals surface area contributed by atoms with Crippen LogP contribution in [0.25, 0.3) is 0 Å². The highest BCUT2D eigenvalue weighted by atomic mass is 32.2. The van der Waals surface area contributed by atoms with Gasteiger partial charge in [0.15, 0.2) is 0 Å². The van der Waals surface area contributed by atoms with E-state index in [1.54, 1.807) is 52.1 Å². The normalized spacial score (nSPS) is 12.3. The second kappa shape index (κ2) is 6.54. The van der Waals surface area contributed by atoms with Gasteiger partial charge in [0.05, 0.1) is 17.7 Å². The van der Waals surface area contributed by atoms with Gasteiger partial charge in [0.1, 0.15) is 5.75 Å². The largest absolute Gasteiger partial charge is 0.497 e. The summed E-state index contributed by atoms with van der Waals surface area (Å²) in [5.74, 6) is 0.717. The number of methoxy groups -OCH3 is 1. The zero-order chi connectivity index (χ0) is 17.2. The summed E-state index contributed by atoms with van der Waals surface area (Å²) in [5, 5.41) is 0. The molecule has 0 saturated heterocycles. The molecule has 0 unspecified atom stereocenters. The topological polar surface area (TPSA) is 55.7 Å². The van der Waals surface area contributed by atoms with Gasteiger partial charge < -0.3 is 4.74 Å². The lowest BCUT2D eigenvalue weighted by molar-refractivity contribution is 0.415. The molecule has 0 aliphatic carbocycles. The fourth-order valence-electron chi connectivity index (χ4n) is 2.68. The summed E-state index contributed by atoms with van der Waals surface area (Å²) in [6.45, 7) is 7.23. The number of benzene rings is 2. The molecule has 5 heteroatoms. The summed E-state index contributed by atoms with van der Waals surface area (Å²) in [4.78, 5) is 0.288. The van der Waals surface area contributed by atoms with Crippen LogP contribution in [0.15, 0.2) is 45.7 Å². The van der Waals surface area contributed by atoms with E-state index in [0.29, 0.717) is 16.8 Å². The van der Waals surface area contributed by atoms with Gasteiger partial charge in [-0.1, -0.05) is 17.7 Å². The first-order chi connectivity index (χ1) is 10.7. The minimum Gasteiger partial charge on any atom is -0.497 e. The molecule has 0 aliphatic heterocycles. The lowest BCUT2D eigenvalue weighted by Crippen LogP contribution is -2.07. The maximum absolute atomic E-state index is 12.7. The number of hydrogen-bond donors (Lipinski definition) is 0. The van der Waals surface area contributed by atoms with Crippen LogP contribution in [-0.2, 0) is 10.0 Å². The molecule has 0 heterocycles. The number of ether oxygens (including phenoxy) is 1. The van der Waals surface area contributed by atoms with E-state index in [9.17, 15) is 8.42 Å². The highest BCUT2D eigenvalue weighted by Crippen LogP contribution is 2.24. The molecule has 2 aromatic rings. The molecular weight excluding hydrogens is 310 g/mol. The van der Waals surface area contributed by atoms with Gasteiger partial charge in [-0.2, -0.15) is 12.8 Å². The van der Waals surface area contributed by atoms with Crippen LogP contribution in [0.3, 0.4) is 0 Å². The second-order valence-corrected chi connectivity index (χ2v) is 7.15. The molecule has 2 aromatic carbocycles. The Bertz CT molecular complexity index is 827. The van der Waals surface area contributed by atoms with Crippen molar-refractivity contribution >= 4 is 15.7 Å². The van der Waals surface area contributed by atoms with Gasteiger partial charge in [-0.3, -0.25) is 0 Å². The van der Waals surface area contributed by atoms with Gasteiger partial charge in [-0.25, -0.2) is 0 Å². The third kappa shape index (κ3) is 3.79. The number of aryl methyl sites for hydroxylation is 3. The van der Waals surface area contributed by atoms with Gasteiger partial charge in [-0.05, 0) is 68.7 Å². The molecule has 0 aromatic heterocycles. The molecular formula is C18H21NO3S. The predicted molar refractivity (Wildman–Crippen MR) is 93.0 cm³/mol. The number of rotatable bonds is 4. The Labute approximate surface area is 137 Å². The van der Waals surface area contributed by atoms with E-state index < -0.39 is 10.0 Å². The summed E-state index contributed by atoms with van der Waals surface area (Å²) in [6, 6.07) is 10.9. The Hall–Kier alpha value is -2.14. The summed E-state index contributed by atoms with van der Waals surface area (Å²) < 4.78 is 34.5. The molecule has 0 fully saturated rings. The smallest absolute Gasteiger partial charge is 0.283 e. The van der Waals surface area contributed by atoms with Crippen LogP contribution in [0.4, 0.5) is 0 Å². The Morgan fingerprint density at radius 1 is 1.00 bits per heavy atom. The lowest BCUT2D eigenvalue weighted by Gasteiger charge is -2.10. The van der Waals surface area contributed by atoms with E-state index in [1.807, 2.05) is 19.1 Å². The van der Waals surface area contributed by atoms with E-state index >= 15 is 0 Å². The Morgan fingerprint density at radius 2 is 1.52 bits per heavy atom. The zero-order valence-corrected chi connectivity index (χ0v) is 14.9. The molecule has 0 bridgehead atoms. The summed E-state index contributed by atoms with van der Waals surface area (Å²) >= 11 is 0. The van der Waals surface area contributed by atoms with E-state index in [0.717, 1.165) is 16.9 Å². The van der Waals surface area contributed by atoms with Crippen molar-refractivity contribution in [2.75, 3.05) is 7.11 Å². The average molecular weight is 331 g/mol. The molecule has 0 spiro atoms. The summed E-state index contributed by atoms with van der Waals surface area (Å²) in [5.41, 5.74) is 3.67. The Balaban J connectivity index is 2.47. The van der Waals surface area contributed by atoms with E-state index in [-0.39, 0.29) is 4.90 Å². The van der Waals surface area contributed by atoms with Crippen molar-refractivity contribution in [1.82, 2.24) is 0 Å². The van der Waals surface area contributed by atoms with Gasteiger partial charge in [0, 0.05) is 0 Å². The van der Waals surface area contributed by atoms with Crippen molar-refractivity contribution in [2.24, 2.45) is 4.40 Å². The highest BCUT2D eigenvalue weighted by molar-refractivity contribution is 7.90. The number of nitrogens with zero attached hydrogens (tertiary/aromatic N) is 1. The standard InChI is InChI=1S/C18H21NO3S/c1-12-10-13(2)18(14(3)11-12)23(20,21)19-15(4)16-6-8-17(22-5)9-7-16/h6-11H,1-5H3/b19-15+. The van der Waals surface area contributed by atoms with Crippen LogP contribution in [0.1, 0.15) is 29.2 Å². The fourth-order valence-corrected chi connectivity index (χ4v) is 4.17. The van der Waals surface area contributed by atoms with Crippen LogP contribution >= 0.6 is 0 Å². The lowest BCUT2D eigenvalue weighted by atomic mass is 10.1. The number of hydrogen-bond acceptors (Lipinski definition) is 3. The van der Waals surface area contributed by atoms with Crippen LogP contribution in [0.5, 0.6) is 5.75 Å². The van der Waals surface area contributed by atoms with Crippen LogP contribution in [0.2, 0.25) is 0 Å². The molecule has 0 amide bonds. The first kappa shape index (κ1) is 17.2. The first-order valence-electron chi connectivity index (χ1n) is 7.28. The summed E-state index contributed by atoms with van der Waals surface area (Å²) in [7, 11) is -2.16. The van der Waals surface area contributed by atoms with E-state index in [1.165, 1.54) is 0 Å². The fraction of sp³-hybridized carbons (Fsp3) is 0.278. The molecule has 0 atom stereocenters. The Morgan fingerprint density at radius 3 is 2.00 bits per heavy atom. The quantitative estimate of drug-likeness (QED) is 0.800. The molecule has 4 nitrogen and oxygen atoms in total. The zero-order valence-electron chi connectivity index (χ0n) is 14.0. The third-order valence-corrected chi connectivity index (χ3v) is 5.30. The average Bonchev–Trinajstić information content (AvgIpc) is 2.45. The van der Waals surface area contributed by atoms with Gasteiger partial charge in [-0.15, -0.1) is 0 Å². The third-order valence-electron chi connectivity index (χ3n) is 3.63. The molecule has 23 heavy (non-hydrogen) atoms. The van der Waals surface area contributed by atoms with Crippen molar-refractivity contribution in [2.45, 2.75) is 32.6 Å². The maximum atomic E-state index is 12.7. The second-order valence-electron chi connectivity index (χ2n) is 5.61. The highest BCUT2D eigenvalue weighted by Gasteiger charge is 2.19. The van der Waals surface area contributed by atoms with Crippen LogP contribution < -0.4 is 4.74 Å². The van der Waals surface area contributed by atoms with Crippen LogP contribution in [0, 0.1) is 20.8 Å². The van der Waals surface area contributed by atoms with Crippen molar-refractivity contribution < 1.29 is 13.2 Å². The molecule has 122 valence electrons.